The molecule has 0 heterocycles. The van der Waals surface area contributed by atoms with E-state index in [1.807, 2.05) is 42.5 Å². The number of ether oxygens (including phenoxy) is 1. The van der Waals surface area contributed by atoms with Crippen molar-refractivity contribution in [3.63, 3.8) is 0 Å². The van der Waals surface area contributed by atoms with E-state index in [2.05, 4.69) is 11.7 Å². The minimum Gasteiger partial charge on any atom is -0.435 e. The second-order valence-electron chi connectivity index (χ2n) is 7.06. The van der Waals surface area contributed by atoms with Crippen LogP contribution in [0.15, 0.2) is 66.7 Å². The molecule has 3 aromatic rings. The Hall–Kier alpha value is -2.49. The van der Waals surface area contributed by atoms with Gasteiger partial charge in [0.15, 0.2) is 0 Å². The first-order valence-electron chi connectivity index (χ1n) is 9.76. The van der Waals surface area contributed by atoms with Gasteiger partial charge in [0.2, 0.25) is 0 Å². The lowest BCUT2D eigenvalue weighted by molar-refractivity contribution is -0.0498. The van der Waals surface area contributed by atoms with Gasteiger partial charge >= 0.3 is 6.61 Å². The molecule has 0 spiro atoms. The van der Waals surface area contributed by atoms with E-state index >= 15 is 4.39 Å². The molecule has 2 atom stereocenters. The summed E-state index contributed by atoms with van der Waals surface area (Å²) in [6.45, 7) is -0.750. The molecule has 0 saturated carbocycles. The Morgan fingerprint density at radius 3 is 2.14 bits per heavy atom. The average molecular weight is 386 g/mol. The van der Waals surface area contributed by atoms with Crippen molar-refractivity contribution in [1.29, 1.82) is 0 Å². The van der Waals surface area contributed by atoms with Crippen molar-refractivity contribution in [3.05, 3.63) is 77.9 Å². The predicted molar refractivity (Wildman–Crippen MR) is 108 cm³/mol. The first-order chi connectivity index (χ1) is 13.6. The van der Waals surface area contributed by atoms with Crippen LogP contribution in [0.1, 0.15) is 55.8 Å². The molecule has 0 fully saturated rings. The van der Waals surface area contributed by atoms with E-state index in [0.717, 1.165) is 35.6 Å². The molecule has 3 aromatic carbocycles. The maximum absolute atomic E-state index is 15.6. The van der Waals surface area contributed by atoms with Gasteiger partial charge in [-0.15, -0.1) is 0 Å². The summed E-state index contributed by atoms with van der Waals surface area (Å²) in [6, 6.07) is 20.0. The van der Waals surface area contributed by atoms with Gasteiger partial charge in [-0.2, -0.15) is 8.78 Å². The number of unbranched alkanes of at least 4 members (excludes halogenated alkanes) is 2. The number of hydrogen-bond acceptors (Lipinski definition) is 1. The Morgan fingerprint density at radius 1 is 0.786 bits per heavy atom. The van der Waals surface area contributed by atoms with Crippen molar-refractivity contribution in [3.8, 4) is 5.75 Å². The second-order valence-corrected chi connectivity index (χ2v) is 7.06. The van der Waals surface area contributed by atoms with Crippen molar-refractivity contribution < 1.29 is 17.9 Å². The van der Waals surface area contributed by atoms with Crippen LogP contribution in [-0.4, -0.2) is 6.61 Å². The molecule has 0 aromatic heterocycles. The van der Waals surface area contributed by atoms with Gasteiger partial charge in [-0.05, 0) is 46.5 Å². The fraction of sp³-hybridized carbons (Fsp3) is 0.333. The maximum Gasteiger partial charge on any atom is 0.387 e. The van der Waals surface area contributed by atoms with Gasteiger partial charge in [0.1, 0.15) is 11.9 Å². The normalized spacial score (nSPS) is 13.6. The molecule has 0 aliphatic rings. The highest BCUT2D eigenvalue weighted by molar-refractivity contribution is 5.83. The minimum atomic E-state index is -2.86. The number of rotatable bonds is 9. The summed E-state index contributed by atoms with van der Waals surface area (Å²) in [5, 5.41) is 2.09. The third-order valence-corrected chi connectivity index (χ3v) is 5.10. The zero-order valence-electron chi connectivity index (χ0n) is 16.0. The van der Waals surface area contributed by atoms with Crippen molar-refractivity contribution in [2.45, 2.75) is 51.3 Å². The lowest BCUT2D eigenvalue weighted by atomic mass is 9.85. The summed E-state index contributed by atoms with van der Waals surface area (Å²) in [5.74, 6) is -0.236. The standard InChI is InChI=1S/C24H25F3O/c1-2-3-4-9-22(18-12-14-21(15-13-18)28-24(26)27)23(25)20-11-10-17-7-5-6-8-19(17)16-20/h5-8,10-16,22-24H,2-4,9H2,1H3. The fourth-order valence-electron chi connectivity index (χ4n) is 3.60. The van der Waals surface area contributed by atoms with Gasteiger partial charge in [0.05, 0.1) is 0 Å². The van der Waals surface area contributed by atoms with E-state index in [4.69, 9.17) is 0 Å². The van der Waals surface area contributed by atoms with E-state index in [1.54, 1.807) is 12.1 Å². The summed E-state index contributed by atoms with van der Waals surface area (Å²) >= 11 is 0. The molecule has 0 aliphatic heterocycles. The van der Waals surface area contributed by atoms with Gasteiger partial charge in [0.25, 0.3) is 0 Å². The third kappa shape index (κ3) is 5.06. The zero-order chi connectivity index (χ0) is 19.9. The number of alkyl halides is 3. The summed E-state index contributed by atoms with van der Waals surface area (Å²) in [5.41, 5.74) is 1.45. The van der Waals surface area contributed by atoms with Gasteiger partial charge < -0.3 is 4.74 Å². The van der Waals surface area contributed by atoms with Gasteiger partial charge in [-0.1, -0.05) is 74.7 Å². The summed E-state index contributed by atoms with van der Waals surface area (Å²) in [7, 11) is 0. The molecule has 148 valence electrons. The van der Waals surface area contributed by atoms with E-state index in [-0.39, 0.29) is 11.7 Å². The van der Waals surface area contributed by atoms with Crippen LogP contribution in [0.3, 0.4) is 0 Å². The van der Waals surface area contributed by atoms with Gasteiger partial charge in [-0.25, -0.2) is 4.39 Å². The minimum absolute atomic E-state index is 0.0900. The summed E-state index contributed by atoms with van der Waals surface area (Å²) in [6.07, 6.45) is 2.55. The lowest BCUT2D eigenvalue weighted by Gasteiger charge is -2.23. The first kappa shape index (κ1) is 20.2. The molecule has 0 bridgehead atoms. The second kappa shape index (κ2) is 9.63. The fourth-order valence-corrected chi connectivity index (χ4v) is 3.60. The van der Waals surface area contributed by atoms with Gasteiger partial charge in [-0.3, -0.25) is 0 Å². The molecular formula is C24H25F3O. The largest absolute Gasteiger partial charge is 0.435 e. The van der Waals surface area contributed by atoms with E-state index in [9.17, 15) is 8.78 Å². The van der Waals surface area contributed by atoms with Crippen LogP contribution in [0.2, 0.25) is 0 Å². The van der Waals surface area contributed by atoms with Crippen LogP contribution in [0.25, 0.3) is 10.8 Å². The highest BCUT2D eigenvalue weighted by Crippen LogP contribution is 2.39. The molecule has 0 amide bonds. The predicted octanol–water partition coefficient (Wildman–Crippen LogP) is 7.82. The molecule has 0 aliphatic carbocycles. The maximum atomic E-state index is 15.6. The van der Waals surface area contributed by atoms with Crippen molar-refractivity contribution in [2.24, 2.45) is 0 Å². The van der Waals surface area contributed by atoms with Crippen LogP contribution in [-0.2, 0) is 0 Å². The number of benzene rings is 3. The van der Waals surface area contributed by atoms with E-state index < -0.39 is 12.8 Å². The molecule has 0 N–H and O–H groups in total. The lowest BCUT2D eigenvalue weighted by Crippen LogP contribution is -2.08. The molecular weight excluding hydrogens is 361 g/mol. The first-order valence-corrected chi connectivity index (χ1v) is 9.76. The van der Waals surface area contributed by atoms with Crippen LogP contribution < -0.4 is 4.74 Å². The van der Waals surface area contributed by atoms with Crippen molar-refractivity contribution in [1.82, 2.24) is 0 Å². The number of fused-ring (bicyclic) bond motifs is 1. The Bertz CT molecular complexity index is 876. The molecule has 4 heteroatoms. The molecule has 0 saturated heterocycles. The Labute approximate surface area is 164 Å². The smallest absolute Gasteiger partial charge is 0.387 e. The Balaban J connectivity index is 1.86. The summed E-state index contributed by atoms with van der Waals surface area (Å²) in [4.78, 5) is 0. The molecule has 28 heavy (non-hydrogen) atoms. The highest BCUT2D eigenvalue weighted by Gasteiger charge is 2.24. The van der Waals surface area contributed by atoms with Crippen LogP contribution in [0.4, 0.5) is 13.2 Å². The Morgan fingerprint density at radius 2 is 1.46 bits per heavy atom. The van der Waals surface area contributed by atoms with Gasteiger partial charge in [0, 0.05) is 5.92 Å². The summed E-state index contributed by atoms with van der Waals surface area (Å²) < 4.78 is 44.8. The quantitative estimate of drug-likeness (QED) is 0.341. The van der Waals surface area contributed by atoms with Crippen LogP contribution in [0.5, 0.6) is 5.75 Å². The highest BCUT2D eigenvalue weighted by atomic mass is 19.3. The van der Waals surface area contributed by atoms with Crippen LogP contribution >= 0.6 is 0 Å². The topological polar surface area (TPSA) is 9.23 Å². The van der Waals surface area contributed by atoms with Crippen molar-refractivity contribution in [2.75, 3.05) is 0 Å². The van der Waals surface area contributed by atoms with Crippen LogP contribution in [0, 0.1) is 0 Å². The number of hydrogen-bond donors (Lipinski definition) is 0. The molecule has 3 rings (SSSR count). The van der Waals surface area contributed by atoms with E-state index in [1.165, 1.54) is 12.1 Å². The molecule has 1 nitrogen and oxygen atoms in total. The molecule has 2 unspecified atom stereocenters. The van der Waals surface area contributed by atoms with E-state index in [0.29, 0.717) is 12.0 Å². The average Bonchev–Trinajstić information content (AvgIpc) is 2.71. The number of halogens is 3. The monoisotopic (exact) mass is 386 g/mol. The zero-order valence-corrected chi connectivity index (χ0v) is 16.0. The third-order valence-electron chi connectivity index (χ3n) is 5.10. The Kier molecular flexibility index (Phi) is 6.96. The molecule has 0 radical (unpaired) electrons. The van der Waals surface area contributed by atoms with Crippen molar-refractivity contribution >= 4 is 10.8 Å². The SMILES string of the molecule is CCCCCC(c1ccc(OC(F)F)cc1)C(F)c1ccc2ccccc2c1.